The van der Waals surface area contributed by atoms with Crippen LogP contribution in [0.5, 0.6) is 0 Å². The van der Waals surface area contributed by atoms with Crippen LogP contribution in [0.1, 0.15) is 42.7 Å². The molecular formula is C13H19NO2. The zero-order valence-electron chi connectivity index (χ0n) is 10.3. The van der Waals surface area contributed by atoms with Gasteiger partial charge in [-0.15, -0.1) is 0 Å². The smallest absolute Gasteiger partial charge is 0.337 e. The number of nitrogens with two attached hydrogens (primary N) is 1. The summed E-state index contributed by atoms with van der Waals surface area (Å²) in [4.78, 5) is 11.2. The Bertz CT molecular complexity index is 363. The third-order valence-corrected chi connectivity index (χ3v) is 2.62. The quantitative estimate of drug-likeness (QED) is 0.781. The topological polar surface area (TPSA) is 52.3 Å². The van der Waals surface area contributed by atoms with Crippen LogP contribution in [0.25, 0.3) is 0 Å². The highest BCUT2D eigenvalue weighted by Crippen LogP contribution is 2.30. The minimum atomic E-state index is -0.323. The van der Waals surface area contributed by atoms with Crippen LogP contribution in [-0.2, 0) is 4.74 Å². The summed E-state index contributed by atoms with van der Waals surface area (Å²) in [7, 11) is 1.37. The maximum absolute atomic E-state index is 11.2. The van der Waals surface area contributed by atoms with E-state index in [0.29, 0.717) is 5.56 Å². The number of esters is 1. The Morgan fingerprint density at radius 3 is 2.12 bits per heavy atom. The minimum absolute atomic E-state index is 0.00673. The standard InChI is InChI=1S/C13H19NO2/c1-13(2,3)11(14)9-5-7-10(8-6-9)12(15)16-4/h5-8,11H,14H2,1-4H3. The lowest BCUT2D eigenvalue weighted by Gasteiger charge is -2.27. The van der Waals surface area contributed by atoms with Crippen LogP contribution in [0.3, 0.4) is 0 Å². The number of carbonyl (C=O) groups excluding carboxylic acids is 1. The molecule has 0 spiro atoms. The van der Waals surface area contributed by atoms with Gasteiger partial charge in [0.1, 0.15) is 0 Å². The highest BCUT2D eigenvalue weighted by molar-refractivity contribution is 5.89. The Morgan fingerprint density at radius 2 is 1.75 bits per heavy atom. The second-order valence-corrected chi connectivity index (χ2v) is 4.96. The van der Waals surface area contributed by atoms with E-state index in [4.69, 9.17) is 5.73 Å². The SMILES string of the molecule is COC(=O)c1ccc(C(N)C(C)(C)C)cc1. The predicted octanol–water partition coefficient (Wildman–Crippen LogP) is 2.52. The van der Waals surface area contributed by atoms with E-state index in [2.05, 4.69) is 25.5 Å². The van der Waals surface area contributed by atoms with Gasteiger partial charge < -0.3 is 10.5 Å². The molecule has 0 amide bonds. The van der Waals surface area contributed by atoms with Gasteiger partial charge >= 0.3 is 5.97 Å². The monoisotopic (exact) mass is 221 g/mol. The van der Waals surface area contributed by atoms with Gasteiger partial charge in [-0.1, -0.05) is 32.9 Å². The number of benzene rings is 1. The first-order valence-corrected chi connectivity index (χ1v) is 5.30. The summed E-state index contributed by atoms with van der Waals surface area (Å²) in [6.07, 6.45) is 0. The first kappa shape index (κ1) is 12.7. The van der Waals surface area contributed by atoms with E-state index in [9.17, 15) is 4.79 Å². The number of rotatable bonds is 2. The molecule has 1 aromatic rings. The van der Waals surface area contributed by atoms with Crippen LogP contribution in [0.2, 0.25) is 0 Å². The normalized spacial score (nSPS) is 13.3. The fourth-order valence-corrected chi connectivity index (χ4v) is 1.44. The molecule has 0 aliphatic heterocycles. The molecule has 1 aromatic carbocycles. The molecule has 16 heavy (non-hydrogen) atoms. The van der Waals surface area contributed by atoms with Crippen molar-refractivity contribution in [1.29, 1.82) is 0 Å². The molecule has 0 aliphatic rings. The molecule has 0 heterocycles. The molecular weight excluding hydrogens is 202 g/mol. The van der Waals surface area contributed by atoms with Crippen molar-refractivity contribution < 1.29 is 9.53 Å². The molecule has 3 nitrogen and oxygen atoms in total. The predicted molar refractivity (Wildman–Crippen MR) is 64.2 cm³/mol. The van der Waals surface area contributed by atoms with Crippen LogP contribution >= 0.6 is 0 Å². The second kappa shape index (κ2) is 4.66. The Kier molecular flexibility index (Phi) is 3.70. The molecule has 1 rings (SSSR count). The Labute approximate surface area is 96.6 Å². The summed E-state index contributed by atoms with van der Waals surface area (Å²) in [5.41, 5.74) is 7.70. The van der Waals surface area contributed by atoms with Crippen molar-refractivity contribution in [3.05, 3.63) is 35.4 Å². The first-order chi connectivity index (χ1) is 7.36. The average molecular weight is 221 g/mol. The van der Waals surface area contributed by atoms with E-state index in [1.165, 1.54) is 7.11 Å². The van der Waals surface area contributed by atoms with Crippen molar-refractivity contribution in [2.45, 2.75) is 26.8 Å². The summed E-state index contributed by atoms with van der Waals surface area (Å²) < 4.78 is 4.63. The molecule has 0 saturated carbocycles. The maximum atomic E-state index is 11.2. The lowest BCUT2D eigenvalue weighted by Crippen LogP contribution is -2.26. The van der Waals surface area contributed by atoms with Gasteiger partial charge in [-0.05, 0) is 23.1 Å². The van der Waals surface area contributed by atoms with Gasteiger partial charge in [0.2, 0.25) is 0 Å². The van der Waals surface area contributed by atoms with Crippen molar-refractivity contribution in [3.8, 4) is 0 Å². The third kappa shape index (κ3) is 2.83. The van der Waals surface area contributed by atoms with E-state index < -0.39 is 0 Å². The number of hydrogen-bond acceptors (Lipinski definition) is 3. The molecule has 3 heteroatoms. The van der Waals surface area contributed by atoms with Crippen LogP contribution in [0.15, 0.2) is 24.3 Å². The molecule has 0 aliphatic carbocycles. The van der Waals surface area contributed by atoms with E-state index in [1.807, 2.05) is 12.1 Å². The van der Waals surface area contributed by atoms with Gasteiger partial charge in [-0.25, -0.2) is 4.79 Å². The summed E-state index contributed by atoms with van der Waals surface area (Å²) in [5.74, 6) is -0.323. The number of hydrogen-bond donors (Lipinski definition) is 1. The molecule has 0 saturated heterocycles. The Hall–Kier alpha value is -1.35. The maximum Gasteiger partial charge on any atom is 0.337 e. The fourth-order valence-electron chi connectivity index (χ4n) is 1.44. The molecule has 0 bridgehead atoms. The van der Waals surface area contributed by atoms with Gasteiger partial charge in [0, 0.05) is 6.04 Å². The Morgan fingerprint density at radius 1 is 1.25 bits per heavy atom. The molecule has 88 valence electrons. The van der Waals surface area contributed by atoms with Crippen molar-refractivity contribution >= 4 is 5.97 Å². The molecule has 0 fully saturated rings. The van der Waals surface area contributed by atoms with Gasteiger partial charge in [0.25, 0.3) is 0 Å². The summed E-state index contributed by atoms with van der Waals surface area (Å²) in [6.45, 7) is 6.27. The molecule has 1 unspecified atom stereocenters. The number of carbonyl (C=O) groups is 1. The van der Waals surface area contributed by atoms with Crippen molar-refractivity contribution in [2.24, 2.45) is 11.1 Å². The number of ether oxygens (including phenoxy) is 1. The highest BCUT2D eigenvalue weighted by Gasteiger charge is 2.22. The largest absolute Gasteiger partial charge is 0.465 e. The lowest BCUT2D eigenvalue weighted by atomic mass is 9.83. The van der Waals surface area contributed by atoms with Gasteiger partial charge in [0.15, 0.2) is 0 Å². The first-order valence-electron chi connectivity index (χ1n) is 5.30. The zero-order valence-corrected chi connectivity index (χ0v) is 10.3. The van der Waals surface area contributed by atoms with Crippen LogP contribution < -0.4 is 5.73 Å². The van der Waals surface area contributed by atoms with Crippen LogP contribution in [-0.4, -0.2) is 13.1 Å². The van der Waals surface area contributed by atoms with Crippen molar-refractivity contribution in [3.63, 3.8) is 0 Å². The van der Waals surface area contributed by atoms with Crippen molar-refractivity contribution in [2.75, 3.05) is 7.11 Å². The molecule has 1 atom stereocenters. The van der Waals surface area contributed by atoms with Crippen LogP contribution in [0.4, 0.5) is 0 Å². The van der Waals surface area contributed by atoms with E-state index in [0.717, 1.165) is 5.56 Å². The molecule has 2 N–H and O–H groups in total. The van der Waals surface area contributed by atoms with Crippen LogP contribution in [0, 0.1) is 5.41 Å². The van der Waals surface area contributed by atoms with E-state index in [1.54, 1.807) is 12.1 Å². The fraction of sp³-hybridized carbons (Fsp3) is 0.462. The van der Waals surface area contributed by atoms with Gasteiger partial charge in [0.05, 0.1) is 12.7 Å². The minimum Gasteiger partial charge on any atom is -0.465 e. The summed E-state index contributed by atoms with van der Waals surface area (Å²) in [6, 6.07) is 7.20. The Balaban J connectivity index is 2.91. The van der Waals surface area contributed by atoms with Gasteiger partial charge in [-0.2, -0.15) is 0 Å². The second-order valence-electron chi connectivity index (χ2n) is 4.96. The van der Waals surface area contributed by atoms with E-state index >= 15 is 0 Å². The molecule has 0 radical (unpaired) electrons. The lowest BCUT2D eigenvalue weighted by molar-refractivity contribution is 0.0600. The highest BCUT2D eigenvalue weighted by atomic mass is 16.5. The summed E-state index contributed by atoms with van der Waals surface area (Å²) >= 11 is 0. The third-order valence-electron chi connectivity index (χ3n) is 2.62. The van der Waals surface area contributed by atoms with Gasteiger partial charge in [-0.3, -0.25) is 0 Å². The van der Waals surface area contributed by atoms with Crippen molar-refractivity contribution in [1.82, 2.24) is 0 Å². The number of methoxy groups -OCH3 is 1. The average Bonchev–Trinajstić information content (AvgIpc) is 2.26. The zero-order chi connectivity index (χ0) is 12.3. The molecule has 0 aromatic heterocycles. The van der Waals surface area contributed by atoms with E-state index in [-0.39, 0.29) is 17.4 Å². The summed E-state index contributed by atoms with van der Waals surface area (Å²) in [5, 5.41) is 0.